The number of nitrogens with one attached hydrogen (secondary N) is 1. The molecule has 0 spiro atoms. The summed E-state index contributed by atoms with van der Waals surface area (Å²) in [6.45, 7) is 2.39. The summed E-state index contributed by atoms with van der Waals surface area (Å²) in [5, 5.41) is 1.09. The average Bonchev–Trinajstić information content (AvgIpc) is 3.28. The van der Waals surface area contributed by atoms with E-state index in [-0.39, 0.29) is 86.6 Å². The second-order valence-electron chi connectivity index (χ2n) is 15.2. The van der Waals surface area contributed by atoms with E-state index in [0.29, 0.717) is 22.2 Å². The van der Waals surface area contributed by atoms with E-state index in [1.54, 1.807) is 36.1 Å². The highest BCUT2D eigenvalue weighted by molar-refractivity contribution is 7.89. The number of benzene rings is 7. The monoisotopic (exact) mass is 905 g/mol. The van der Waals surface area contributed by atoms with Crippen molar-refractivity contribution in [2.45, 2.75) is 23.1 Å². The number of rotatable bonds is 12. The Bertz CT molecular complexity index is 3260. The first-order valence-corrected chi connectivity index (χ1v) is 22.8. The van der Waals surface area contributed by atoms with Gasteiger partial charge in [0.05, 0.1) is 21.9 Å². The number of hydrogen-bond acceptors (Lipinski definition) is 9. The van der Waals surface area contributed by atoms with Crippen LogP contribution in [-0.2, 0) is 31.3 Å². The molecule has 1 saturated heterocycles. The number of carbonyl (C=O) groups excluding carboxylic acids is 3. The van der Waals surface area contributed by atoms with Gasteiger partial charge in [0.15, 0.2) is 11.6 Å². The Labute approximate surface area is 366 Å². The number of fused-ring (bicyclic) bond motifs is 2. The predicted octanol–water partition coefficient (Wildman–Crippen LogP) is 7.75. The van der Waals surface area contributed by atoms with E-state index >= 15 is 0 Å². The van der Waals surface area contributed by atoms with Gasteiger partial charge in [-0.2, -0.15) is 4.31 Å². The molecule has 1 aliphatic heterocycles. The first kappa shape index (κ1) is 43.9. The van der Waals surface area contributed by atoms with Crippen molar-refractivity contribution >= 4 is 64.8 Å². The van der Waals surface area contributed by atoms with Crippen molar-refractivity contribution in [3.63, 3.8) is 0 Å². The number of sulfonamides is 2. The van der Waals surface area contributed by atoms with Crippen molar-refractivity contribution in [3.05, 3.63) is 178 Å². The van der Waals surface area contributed by atoms with Crippen LogP contribution in [0.1, 0.15) is 43.0 Å². The Balaban J connectivity index is 1.01. The lowest BCUT2D eigenvalue weighted by Crippen LogP contribution is -2.48. The van der Waals surface area contributed by atoms with Crippen LogP contribution in [0.2, 0.25) is 0 Å². The van der Waals surface area contributed by atoms with E-state index in [2.05, 4.69) is 4.72 Å². The molecule has 1 aliphatic rings. The molecule has 8 rings (SSSR count). The number of aryl methyl sites for hydroxylation is 1. The van der Waals surface area contributed by atoms with Crippen LogP contribution in [0.5, 0.6) is 5.75 Å². The fraction of sp³-hybridized carbons (Fsp3) is 0.146. The van der Waals surface area contributed by atoms with Gasteiger partial charge in [0, 0.05) is 53.8 Å². The van der Waals surface area contributed by atoms with E-state index in [4.69, 9.17) is 4.74 Å². The van der Waals surface area contributed by atoms with Crippen molar-refractivity contribution in [3.8, 4) is 5.75 Å². The van der Waals surface area contributed by atoms with Crippen molar-refractivity contribution in [2.75, 3.05) is 38.1 Å². The molecule has 0 aliphatic carbocycles. The van der Waals surface area contributed by atoms with Gasteiger partial charge in [-0.15, -0.1) is 0 Å². The number of esters is 1. The summed E-state index contributed by atoms with van der Waals surface area (Å²) in [5.74, 6) is -3.49. The summed E-state index contributed by atoms with van der Waals surface area (Å²) in [4.78, 5) is 43.2. The van der Waals surface area contributed by atoms with Crippen molar-refractivity contribution < 1.29 is 49.1 Å². The maximum absolute atomic E-state index is 14.8. The molecule has 0 aromatic heterocycles. The van der Waals surface area contributed by atoms with Gasteiger partial charge < -0.3 is 9.64 Å². The summed E-state index contributed by atoms with van der Waals surface area (Å²) in [5.41, 5.74) is 1.52. The molecule has 1 fully saturated rings. The number of halogens is 3. The van der Waals surface area contributed by atoms with Gasteiger partial charge >= 0.3 is 5.97 Å². The van der Waals surface area contributed by atoms with Gasteiger partial charge in [0.2, 0.25) is 20.0 Å². The lowest BCUT2D eigenvalue weighted by Gasteiger charge is -2.35. The quantitative estimate of drug-likeness (QED) is 0.0739. The molecule has 0 bridgehead atoms. The smallest absolute Gasteiger partial charge is 0.315 e. The summed E-state index contributed by atoms with van der Waals surface area (Å²) < 4.78 is 105. The number of ketones is 2. The summed E-state index contributed by atoms with van der Waals surface area (Å²) in [6.07, 6.45) is -0.355. The Hall–Kier alpha value is -6.72. The first-order chi connectivity index (χ1) is 30.5. The molecule has 16 heteroatoms. The molecular weight excluding hydrogens is 868 g/mol. The average molecular weight is 906 g/mol. The normalized spacial score (nSPS) is 13.6. The zero-order chi connectivity index (χ0) is 45.5. The summed E-state index contributed by atoms with van der Waals surface area (Å²) in [7, 11) is -6.48. The van der Waals surface area contributed by atoms with E-state index in [1.165, 1.54) is 102 Å². The largest absolute Gasteiger partial charge is 0.426 e. The Kier molecular flexibility index (Phi) is 12.0. The molecule has 0 saturated carbocycles. The van der Waals surface area contributed by atoms with Crippen molar-refractivity contribution in [1.82, 2.24) is 9.03 Å². The molecule has 11 nitrogen and oxygen atoms in total. The van der Waals surface area contributed by atoms with Crippen LogP contribution in [0, 0.1) is 24.4 Å². The van der Waals surface area contributed by atoms with E-state index < -0.39 is 55.0 Å². The van der Waals surface area contributed by atoms with E-state index in [0.717, 1.165) is 12.1 Å². The fourth-order valence-electron chi connectivity index (χ4n) is 7.87. The van der Waals surface area contributed by atoms with Crippen LogP contribution in [0.15, 0.2) is 137 Å². The third-order valence-electron chi connectivity index (χ3n) is 11.2. The number of ether oxygens (including phenoxy) is 1. The van der Waals surface area contributed by atoms with E-state index in [1.807, 2.05) is 0 Å². The molecular formula is C48H38F3N3O8S2. The molecule has 1 N–H and O–H groups in total. The number of hydrogen-bond donors (Lipinski definition) is 1. The SMILES string of the molecule is CNS(=O)(=O)c1ccc(C(=O)c2cc(CC(=O)Oc3ccc(C(=O)c4ccc(S(=O)(=O)N5CCN(c6ccccc6F)CC5)cc4)c4cc(F)ccc34)cc3ccc(F)cc23)c(C)c1. The van der Waals surface area contributed by atoms with Crippen LogP contribution < -0.4 is 14.4 Å². The highest BCUT2D eigenvalue weighted by Gasteiger charge is 2.30. The first-order valence-electron chi connectivity index (χ1n) is 19.9. The van der Waals surface area contributed by atoms with Gasteiger partial charge in [0.1, 0.15) is 23.2 Å². The number of para-hydroxylation sites is 1. The van der Waals surface area contributed by atoms with Crippen LogP contribution >= 0.6 is 0 Å². The molecule has 64 heavy (non-hydrogen) atoms. The minimum atomic E-state index is -3.95. The van der Waals surface area contributed by atoms with Crippen LogP contribution in [0.3, 0.4) is 0 Å². The number of nitrogens with zero attached hydrogens (tertiary/aromatic N) is 2. The Morgan fingerprint density at radius 1 is 0.641 bits per heavy atom. The third kappa shape index (κ3) is 8.64. The van der Waals surface area contributed by atoms with Crippen molar-refractivity contribution in [2.24, 2.45) is 0 Å². The molecule has 7 aromatic rings. The number of piperazine rings is 1. The highest BCUT2D eigenvalue weighted by Crippen LogP contribution is 2.33. The van der Waals surface area contributed by atoms with Crippen molar-refractivity contribution in [1.29, 1.82) is 0 Å². The molecule has 326 valence electrons. The summed E-state index contributed by atoms with van der Waals surface area (Å²) >= 11 is 0. The number of carbonyl (C=O) groups is 3. The maximum atomic E-state index is 14.8. The standard InChI is InChI=1S/C48H38F3N3O8S2/c1-29-23-36(63(58,59)52-2)14-16-37(29)48(57)42-25-30(24-32-7-10-33(49)27-40(32)42)26-46(55)62-45-18-17-39(41-28-34(50)11-15-38(41)45)47(56)31-8-12-35(13-9-31)64(60,61)54-21-19-53(20-22-54)44-6-4-3-5-43(44)51/h3-18,23-25,27-28,52H,19-22,26H2,1-2H3. The zero-order valence-electron chi connectivity index (χ0n) is 34.3. The maximum Gasteiger partial charge on any atom is 0.315 e. The lowest BCUT2D eigenvalue weighted by atomic mass is 9.92. The van der Waals surface area contributed by atoms with Gasteiger partial charge in [-0.05, 0) is 144 Å². The van der Waals surface area contributed by atoms with Crippen LogP contribution in [0.25, 0.3) is 21.5 Å². The van der Waals surface area contributed by atoms with Gasteiger partial charge in [-0.1, -0.05) is 24.3 Å². The molecule has 0 unspecified atom stereocenters. The van der Waals surface area contributed by atoms with E-state index in [9.17, 15) is 44.4 Å². The second kappa shape index (κ2) is 17.4. The molecule has 0 radical (unpaired) electrons. The fourth-order valence-corrected chi connectivity index (χ4v) is 10.1. The molecule has 0 atom stereocenters. The summed E-state index contributed by atoms with van der Waals surface area (Å²) in [6, 6.07) is 29.0. The molecule has 7 aromatic carbocycles. The Morgan fingerprint density at radius 3 is 1.98 bits per heavy atom. The zero-order valence-corrected chi connectivity index (χ0v) is 35.9. The predicted molar refractivity (Wildman–Crippen MR) is 235 cm³/mol. The van der Waals surface area contributed by atoms with Gasteiger partial charge in [-0.3, -0.25) is 14.4 Å². The van der Waals surface area contributed by atoms with Crippen LogP contribution in [0.4, 0.5) is 18.9 Å². The third-order valence-corrected chi connectivity index (χ3v) is 14.5. The Morgan fingerprint density at radius 2 is 1.30 bits per heavy atom. The topological polar surface area (TPSA) is 147 Å². The molecule has 0 amide bonds. The van der Waals surface area contributed by atoms with Gasteiger partial charge in [0.25, 0.3) is 0 Å². The highest BCUT2D eigenvalue weighted by atomic mass is 32.2. The second-order valence-corrected chi connectivity index (χ2v) is 19.0. The minimum absolute atomic E-state index is 0.0134. The lowest BCUT2D eigenvalue weighted by molar-refractivity contribution is -0.133. The van der Waals surface area contributed by atoms with Gasteiger partial charge in [-0.25, -0.2) is 34.7 Å². The van der Waals surface area contributed by atoms with Crippen LogP contribution in [-0.4, -0.2) is 71.9 Å². The number of anilines is 1. The molecule has 1 heterocycles. The minimum Gasteiger partial charge on any atom is -0.426 e.